The van der Waals surface area contributed by atoms with Crippen LogP contribution >= 0.6 is 0 Å². The molecule has 0 fully saturated rings. The topological polar surface area (TPSA) is 0 Å². The first-order chi connectivity index (χ1) is 7.39. The normalized spacial score (nSPS) is 12.1. The van der Waals surface area contributed by atoms with Crippen LogP contribution in [0.15, 0.2) is 30.3 Å². The zero-order valence-corrected chi connectivity index (χ0v) is 10.9. The van der Waals surface area contributed by atoms with E-state index in [1.165, 1.54) is 27.5 Å². The number of hydrogen-bond donors (Lipinski definition) is 0. The van der Waals surface area contributed by atoms with Crippen molar-refractivity contribution in [2.45, 2.75) is 40.0 Å². The van der Waals surface area contributed by atoms with Gasteiger partial charge in [0, 0.05) is 0 Å². The summed E-state index contributed by atoms with van der Waals surface area (Å²) in [6.45, 7) is 11.2. The molecule has 16 heavy (non-hydrogen) atoms. The molecule has 0 saturated heterocycles. The van der Waals surface area contributed by atoms with Crippen LogP contribution in [-0.4, -0.2) is 0 Å². The Morgan fingerprint density at radius 3 is 2.19 bits per heavy atom. The second-order valence-electron chi connectivity index (χ2n) is 5.69. The van der Waals surface area contributed by atoms with Crippen LogP contribution in [-0.2, 0) is 5.41 Å². The van der Waals surface area contributed by atoms with Crippen molar-refractivity contribution in [2.75, 3.05) is 0 Å². The van der Waals surface area contributed by atoms with Gasteiger partial charge in [-0.25, -0.2) is 0 Å². The number of aryl methyl sites for hydroxylation is 2. The van der Waals surface area contributed by atoms with E-state index in [1.54, 1.807) is 0 Å². The van der Waals surface area contributed by atoms with E-state index in [2.05, 4.69) is 65.0 Å². The van der Waals surface area contributed by atoms with Crippen LogP contribution < -0.4 is 0 Å². The van der Waals surface area contributed by atoms with E-state index in [9.17, 15) is 0 Å². The Balaban J connectivity index is 2.70. The summed E-state index contributed by atoms with van der Waals surface area (Å²) in [6, 6.07) is 11.3. The van der Waals surface area contributed by atoms with Crippen molar-refractivity contribution in [3.8, 4) is 0 Å². The highest BCUT2D eigenvalue weighted by Crippen LogP contribution is 2.28. The van der Waals surface area contributed by atoms with Crippen LogP contribution in [0.3, 0.4) is 0 Å². The molecule has 2 rings (SSSR count). The molecule has 0 aliphatic carbocycles. The monoisotopic (exact) mass is 212 g/mol. The van der Waals surface area contributed by atoms with E-state index in [1.807, 2.05) is 0 Å². The molecule has 0 atom stereocenters. The van der Waals surface area contributed by atoms with Crippen LogP contribution in [0.25, 0.3) is 10.8 Å². The summed E-state index contributed by atoms with van der Waals surface area (Å²) in [4.78, 5) is 0. The maximum absolute atomic E-state index is 2.32. The summed E-state index contributed by atoms with van der Waals surface area (Å²) in [5.41, 5.74) is 4.41. The SMILES string of the molecule is Cc1ccc2cc(C(C)(C)C)ccc2c1C. The van der Waals surface area contributed by atoms with E-state index >= 15 is 0 Å². The highest BCUT2D eigenvalue weighted by Gasteiger charge is 2.13. The molecule has 0 saturated carbocycles. The Kier molecular flexibility index (Phi) is 2.53. The summed E-state index contributed by atoms with van der Waals surface area (Å²) in [7, 11) is 0. The minimum absolute atomic E-state index is 0.229. The van der Waals surface area contributed by atoms with Gasteiger partial charge >= 0.3 is 0 Å². The second-order valence-corrected chi connectivity index (χ2v) is 5.69. The molecule has 0 aromatic heterocycles. The highest BCUT2D eigenvalue weighted by molar-refractivity contribution is 5.87. The summed E-state index contributed by atoms with van der Waals surface area (Å²) < 4.78 is 0. The van der Waals surface area contributed by atoms with Crippen LogP contribution in [0.2, 0.25) is 0 Å². The molecular formula is C16H20. The lowest BCUT2D eigenvalue weighted by molar-refractivity contribution is 0.591. The van der Waals surface area contributed by atoms with Crippen molar-refractivity contribution in [1.29, 1.82) is 0 Å². The van der Waals surface area contributed by atoms with Crippen molar-refractivity contribution >= 4 is 10.8 Å². The van der Waals surface area contributed by atoms with Gasteiger partial charge < -0.3 is 0 Å². The molecule has 0 heteroatoms. The number of rotatable bonds is 0. The molecule has 0 aliphatic rings. The minimum atomic E-state index is 0.229. The molecule has 0 unspecified atom stereocenters. The minimum Gasteiger partial charge on any atom is -0.0584 e. The van der Waals surface area contributed by atoms with Gasteiger partial charge in [-0.15, -0.1) is 0 Å². The molecule has 2 aromatic rings. The summed E-state index contributed by atoms with van der Waals surface area (Å²) in [5, 5.41) is 2.74. The average Bonchev–Trinajstić information content (AvgIpc) is 2.22. The Morgan fingerprint density at radius 2 is 1.56 bits per heavy atom. The third-order valence-electron chi connectivity index (χ3n) is 3.43. The van der Waals surface area contributed by atoms with Crippen molar-refractivity contribution in [3.63, 3.8) is 0 Å². The van der Waals surface area contributed by atoms with Crippen LogP contribution in [0.1, 0.15) is 37.5 Å². The standard InChI is InChI=1S/C16H20/c1-11-6-7-13-10-14(16(3,4)5)8-9-15(13)12(11)2/h6-10H,1-5H3. The highest BCUT2D eigenvalue weighted by atomic mass is 14.2. The van der Waals surface area contributed by atoms with Crippen LogP contribution in [0.5, 0.6) is 0 Å². The van der Waals surface area contributed by atoms with Gasteiger partial charge in [0.25, 0.3) is 0 Å². The quantitative estimate of drug-likeness (QED) is 0.591. The van der Waals surface area contributed by atoms with Gasteiger partial charge in [-0.3, -0.25) is 0 Å². The predicted octanol–water partition coefficient (Wildman–Crippen LogP) is 4.75. The van der Waals surface area contributed by atoms with Crippen LogP contribution in [0, 0.1) is 13.8 Å². The van der Waals surface area contributed by atoms with E-state index in [0.717, 1.165) is 0 Å². The van der Waals surface area contributed by atoms with Crippen molar-refractivity contribution < 1.29 is 0 Å². The maximum Gasteiger partial charge on any atom is -0.0132 e. The van der Waals surface area contributed by atoms with E-state index in [4.69, 9.17) is 0 Å². The fourth-order valence-electron chi connectivity index (χ4n) is 2.06. The summed E-state index contributed by atoms with van der Waals surface area (Å²) >= 11 is 0. The lowest BCUT2D eigenvalue weighted by Crippen LogP contribution is -2.10. The van der Waals surface area contributed by atoms with Crippen LogP contribution in [0.4, 0.5) is 0 Å². The Morgan fingerprint density at radius 1 is 0.875 bits per heavy atom. The zero-order chi connectivity index (χ0) is 11.9. The second kappa shape index (κ2) is 3.62. The smallest absolute Gasteiger partial charge is 0.0132 e. The van der Waals surface area contributed by atoms with Gasteiger partial charge in [-0.05, 0) is 46.7 Å². The van der Waals surface area contributed by atoms with Gasteiger partial charge in [0.05, 0.1) is 0 Å². The largest absolute Gasteiger partial charge is 0.0584 e. The van der Waals surface area contributed by atoms with Gasteiger partial charge in [0.2, 0.25) is 0 Å². The third-order valence-corrected chi connectivity index (χ3v) is 3.43. The molecule has 0 nitrogen and oxygen atoms in total. The van der Waals surface area contributed by atoms with Crippen molar-refractivity contribution in [3.05, 3.63) is 47.0 Å². The van der Waals surface area contributed by atoms with Gasteiger partial charge in [0.1, 0.15) is 0 Å². The van der Waals surface area contributed by atoms with E-state index in [0.29, 0.717) is 0 Å². The fourth-order valence-corrected chi connectivity index (χ4v) is 2.06. The first-order valence-electron chi connectivity index (χ1n) is 5.90. The summed E-state index contributed by atoms with van der Waals surface area (Å²) in [6.07, 6.45) is 0. The maximum atomic E-state index is 2.32. The zero-order valence-electron chi connectivity index (χ0n) is 10.9. The Labute approximate surface area is 98.3 Å². The lowest BCUT2D eigenvalue weighted by atomic mass is 9.85. The van der Waals surface area contributed by atoms with Crippen molar-refractivity contribution in [1.82, 2.24) is 0 Å². The molecule has 0 aliphatic heterocycles. The van der Waals surface area contributed by atoms with E-state index in [-0.39, 0.29) is 5.41 Å². The van der Waals surface area contributed by atoms with Gasteiger partial charge in [-0.2, -0.15) is 0 Å². The third kappa shape index (κ3) is 1.84. The van der Waals surface area contributed by atoms with Gasteiger partial charge in [0.15, 0.2) is 0 Å². The first-order valence-corrected chi connectivity index (χ1v) is 5.90. The molecule has 0 radical (unpaired) electrons. The number of hydrogen-bond acceptors (Lipinski definition) is 0. The molecule has 2 aromatic carbocycles. The van der Waals surface area contributed by atoms with Crippen molar-refractivity contribution in [2.24, 2.45) is 0 Å². The molecule has 0 spiro atoms. The molecular weight excluding hydrogens is 192 g/mol. The summed E-state index contributed by atoms with van der Waals surface area (Å²) in [5.74, 6) is 0. The van der Waals surface area contributed by atoms with E-state index < -0.39 is 0 Å². The average molecular weight is 212 g/mol. The molecule has 84 valence electrons. The lowest BCUT2D eigenvalue weighted by Gasteiger charge is -2.20. The fraction of sp³-hybridized carbons (Fsp3) is 0.375. The Hall–Kier alpha value is -1.30. The predicted molar refractivity (Wildman–Crippen MR) is 72.1 cm³/mol. The molecule has 0 N–H and O–H groups in total. The first kappa shape index (κ1) is 11.2. The number of benzene rings is 2. The van der Waals surface area contributed by atoms with Gasteiger partial charge in [-0.1, -0.05) is 51.1 Å². The molecule has 0 heterocycles. The Bertz CT molecular complexity index is 527. The molecule has 0 bridgehead atoms. The molecule has 0 amide bonds. The number of fused-ring (bicyclic) bond motifs is 1.